The molecule has 1 aliphatic rings. The average molecular weight is 306 g/mol. The molecule has 0 spiro atoms. The van der Waals surface area contributed by atoms with E-state index in [0.717, 1.165) is 23.3 Å². The molecule has 1 aliphatic carbocycles. The number of nitrogens with zero attached hydrogens (tertiary/aromatic N) is 3. The molecule has 5 heteroatoms. The smallest absolute Gasteiger partial charge is 0.125 e. The van der Waals surface area contributed by atoms with Gasteiger partial charge in [0.25, 0.3) is 0 Å². The van der Waals surface area contributed by atoms with Gasteiger partial charge in [-0.25, -0.2) is 4.98 Å². The standard InChI is InChI=1S/C15H16ClN3S/c1-20-14-4-2-3-12(14)19-13-7-10(9-17)5-6-11(13)18-15(19)8-16/h5-7,12,14H,2-4,8H2,1H3. The van der Waals surface area contributed by atoms with Crippen LogP contribution in [0.1, 0.15) is 36.7 Å². The van der Waals surface area contributed by atoms with Crippen molar-refractivity contribution in [1.82, 2.24) is 9.55 Å². The van der Waals surface area contributed by atoms with E-state index in [1.165, 1.54) is 12.8 Å². The second-order valence-electron chi connectivity index (χ2n) is 5.12. The number of hydrogen-bond acceptors (Lipinski definition) is 3. The van der Waals surface area contributed by atoms with Crippen molar-refractivity contribution in [3.63, 3.8) is 0 Å². The molecule has 0 aliphatic heterocycles. The Kier molecular flexibility index (Phi) is 3.91. The van der Waals surface area contributed by atoms with E-state index < -0.39 is 0 Å². The molecule has 104 valence electrons. The molecule has 2 unspecified atom stereocenters. The van der Waals surface area contributed by atoms with E-state index in [9.17, 15) is 0 Å². The molecule has 0 saturated heterocycles. The summed E-state index contributed by atoms with van der Waals surface area (Å²) in [6, 6.07) is 8.33. The van der Waals surface area contributed by atoms with Gasteiger partial charge in [-0.3, -0.25) is 0 Å². The molecule has 0 bridgehead atoms. The summed E-state index contributed by atoms with van der Waals surface area (Å²) in [5.41, 5.74) is 2.66. The van der Waals surface area contributed by atoms with E-state index >= 15 is 0 Å². The summed E-state index contributed by atoms with van der Waals surface area (Å²) in [5.74, 6) is 1.33. The van der Waals surface area contributed by atoms with Gasteiger partial charge in [0, 0.05) is 11.3 Å². The van der Waals surface area contributed by atoms with Gasteiger partial charge in [0.2, 0.25) is 0 Å². The molecular weight excluding hydrogens is 290 g/mol. The molecule has 0 radical (unpaired) electrons. The Morgan fingerprint density at radius 1 is 1.50 bits per heavy atom. The Bertz CT molecular complexity index is 674. The van der Waals surface area contributed by atoms with Crippen LogP contribution in [0.15, 0.2) is 18.2 Å². The Labute approximate surface area is 127 Å². The van der Waals surface area contributed by atoms with Crippen molar-refractivity contribution in [3.05, 3.63) is 29.6 Å². The zero-order valence-electron chi connectivity index (χ0n) is 11.3. The average Bonchev–Trinajstić information content (AvgIpc) is 3.08. The van der Waals surface area contributed by atoms with E-state index in [1.54, 1.807) is 0 Å². The van der Waals surface area contributed by atoms with Crippen molar-refractivity contribution in [1.29, 1.82) is 5.26 Å². The maximum atomic E-state index is 9.11. The first-order chi connectivity index (χ1) is 9.78. The Morgan fingerprint density at radius 2 is 2.35 bits per heavy atom. The first kappa shape index (κ1) is 13.8. The minimum Gasteiger partial charge on any atom is -0.323 e. The summed E-state index contributed by atoms with van der Waals surface area (Å²) < 4.78 is 2.28. The van der Waals surface area contributed by atoms with Crippen LogP contribution in [0.4, 0.5) is 0 Å². The quantitative estimate of drug-likeness (QED) is 0.802. The van der Waals surface area contributed by atoms with Crippen LogP contribution in [-0.2, 0) is 5.88 Å². The molecule has 1 aromatic heterocycles. The van der Waals surface area contributed by atoms with Crippen molar-refractivity contribution in [2.45, 2.75) is 36.4 Å². The lowest BCUT2D eigenvalue weighted by Gasteiger charge is -2.22. The van der Waals surface area contributed by atoms with E-state index in [4.69, 9.17) is 16.9 Å². The number of benzene rings is 1. The molecule has 3 rings (SSSR count). The van der Waals surface area contributed by atoms with E-state index in [1.807, 2.05) is 30.0 Å². The number of thioether (sulfide) groups is 1. The zero-order chi connectivity index (χ0) is 14.1. The van der Waals surface area contributed by atoms with Crippen LogP contribution in [0.5, 0.6) is 0 Å². The highest BCUT2D eigenvalue weighted by Crippen LogP contribution is 2.40. The van der Waals surface area contributed by atoms with Crippen LogP contribution in [0, 0.1) is 11.3 Å². The van der Waals surface area contributed by atoms with Gasteiger partial charge >= 0.3 is 0 Å². The highest BCUT2D eigenvalue weighted by molar-refractivity contribution is 7.99. The van der Waals surface area contributed by atoms with Gasteiger partial charge in [-0.1, -0.05) is 6.42 Å². The van der Waals surface area contributed by atoms with Crippen molar-refractivity contribution in [3.8, 4) is 6.07 Å². The molecular formula is C15H16ClN3S. The molecule has 1 heterocycles. The van der Waals surface area contributed by atoms with Gasteiger partial charge in [-0.15, -0.1) is 11.6 Å². The Balaban J connectivity index is 2.19. The molecule has 1 aromatic carbocycles. The third-order valence-electron chi connectivity index (χ3n) is 4.06. The summed E-state index contributed by atoms with van der Waals surface area (Å²) in [6.45, 7) is 0. The molecule has 3 nitrogen and oxygen atoms in total. The van der Waals surface area contributed by atoms with Gasteiger partial charge in [0.15, 0.2) is 0 Å². The molecule has 0 N–H and O–H groups in total. The third-order valence-corrected chi connectivity index (χ3v) is 5.46. The number of fused-ring (bicyclic) bond motifs is 1. The minimum atomic E-state index is 0.411. The molecule has 20 heavy (non-hydrogen) atoms. The number of rotatable bonds is 3. The molecule has 1 saturated carbocycles. The molecule has 0 amide bonds. The van der Waals surface area contributed by atoms with Crippen LogP contribution in [0.2, 0.25) is 0 Å². The molecule has 2 atom stereocenters. The number of aromatic nitrogens is 2. The number of imidazole rings is 1. The summed E-state index contributed by atoms with van der Waals surface area (Å²) >= 11 is 8.01. The maximum Gasteiger partial charge on any atom is 0.125 e. The van der Waals surface area contributed by atoms with Crippen molar-refractivity contribution < 1.29 is 0 Å². The first-order valence-corrected chi connectivity index (χ1v) is 8.60. The minimum absolute atomic E-state index is 0.411. The number of hydrogen-bond donors (Lipinski definition) is 0. The van der Waals surface area contributed by atoms with E-state index in [2.05, 4.69) is 21.9 Å². The van der Waals surface area contributed by atoms with Gasteiger partial charge < -0.3 is 4.57 Å². The van der Waals surface area contributed by atoms with Crippen LogP contribution < -0.4 is 0 Å². The van der Waals surface area contributed by atoms with E-state index in [0.29, 0.717) is 22.7 Å². The van der Waals surface area contributed by atoms with Crippen molar-refractivity contribution in [2.75, 3.05) is 6.26 Å². The maximum absolute atomic E-state index is 9.11. The predicted octanol–water partition coefficient (Wildman–Crippen LogP) is 4.10. The number of halogens is 1. The Hall–Kier alpha value is -1.18. The summed E-state index contributed by atoms with van der Waals surface area (Å²) in [7, 11) is 0. The molecule has 2 aromatic rings. The van der Waals surface area contributed by atoms with Crippen molar-refractivity contribution >= 4 is 34.4 Å². The lowest BCUT2D eigenvalue weighted by atomic mass is 10.2. The predicted molar refractivity (Wildman–Crippen MR) is 84.2 cm³/mol. The Morgan fingerprint density at radius 3 is 3.05 bits per heavy atom. The normalized spacial score (nSPS) is 22.2. The summed E-state index contributed by atoms with van der Waals surface area (Å²) in [5, 5.41) is 9.72. The number of alkyl halides is 1. The number of nitriles is 1. The van der Waals surface area contributed by atoms with Crippen LogP contribution in [-0.4, -0.2) is 21.1 Å². The van der Waals surface area contributed by atoms with E-state index in [-0.39, 0.29) is 0 Å². The van der Waals surface area contributed by atoms with Crippen molar-refractivity contribution in [2.24, 2.45) is 0 Å². The fourth-order valence-corrected chi connectivity index (χ4v) is 4.32. The summed E-state index contributed by atoms with van der Waals surface area (Å²) in [4.78, 5) is 4.63. The third kappa shape index (κ3) is 2.19. The van der Waals surface area contributed by atoms with Crippen LogP contribution in [0.3, 0.4) is 0 Å². The molecule has 1 fully saturated rings. The van der Waals surface area contributed by atoms with Gasteiger partial charge in [-0.05, 0) is 37.3 Å². The topological polar surface area (TPSA) is 41.6 Å². The SMILES string of the molecule is CSC1CCCC1n1c(CCl)nc2ccc(C#N)cc21. The lowest BCUT2D eigenvalue weighted by Crippen LogP contribution is -2.17. The zero-order valence-corrected chi connectivity index (χ0v) is 12.9. The lowest BCUT2D eigenvalue weighted by molar-refractivity contribution is 0.528. The first-order valence-electron chi connectivity index (χ1n) is 6.78. The fourth-order valence-electron chi connectivity index (χ4n) is 3.15. The second kappa shape index (κ2) is 5.67. The highest BCUT2D eigenvalue weighted by atomic mass is 35.5. The van der Waals surface area contributed by atoms with Gasteiger partial charge in [-0.2, -0.15) is 17.0 Å². The van der Waals surface area contributed by atoms with Crippen LogP contribution >= 0.6 is 23.4 Å². The van der Waals surface area contributed by atoms with Crippen LogP contribution in [0.25, 0.3) is 11.0 Å². The second-order valence-corrected chi connectivity index (χ2v) is 6.46. The summed E-state index contributed by atoms with van der Waals surface area (Å²) in [6.07, 6.45) is 5.82. The largest absolute Gasteiger partial charge is 0.323 e. The van der Waals surface area contributed by atoms with Gasteiger partial charge in [0.1, 0.15) is 5.82 Å². The fraction of sp³-hybridized carbons (Fsp3) is 0.467. The highest BCUT2D eigenvalue weighted by Gasteiger charge is 2.30. The van der Waals surface area contributed by atoms with Gasteiger partial charge in [0.05, 0.1) is 28.5 Å². The monoisotopic (exact) mass is 305 g/mol.